The minimum atomic E-state index is -1.18. The van der Waals surface area contributed by atoms with Gasteiger partial charge in [-0.1, -0.05) is 30.3 Å². The van der Waals surface area contributed by atoms with E-state index in [1.807, 2.05) is 48.5 Å². The molecular weight excluding hydrogens is 356 g/mol. The predicted molar refractivity (Wildman–Crippen MR) is 108 cm³/mol. The minimum Gasteiger partial charge on any atom is -0.497 e. The van der Waals surface area contributed by atoms with Crippen LogP contribution in [0.15, 0.2) is 48.5 Å². The number of para-hydroxylation sites is 1. The lowest BCUT2D eigenvalue weighted by Crippen LogP contribution is -2.48. The van der Waals surface area contributed by atoms with Crippen LogP contribution < -0.4 is 20.1 Å². The second kappa shape index (κ2) is 9.78. The molecule has 0 aliphatic heterocycles. The van der Waals surface area contributed by atoms with Gasteiger partial charge in [-0.15, -0.1) is 0 Å². The van der Waals surface area contributed by atoms with Crippen LogP contribution >= 0.6 is 0 Å². The zero-order valence-corrected chi connectivity index (χ0v) is 16.9. The molecule has 0 unspecified atom stereocenters. The van der Waals surface area contributed by atoms with Gasteiger partial charge in [-0.3, -0.25) is 9.59 Å². The van der Waals surface area contributed by atoms with Crippen molar-refractivity contribution in [3.8, 4) is 11.5 Å². The fraction of sp³-hybridized carbons (Fsp3) is 0.364. The SMILES string of the molecule is COc1cccc(CCNC(=O)C(C)(C)C(=O)NCc2ccccc2OC)c1. The Balaban J connectivity index is 1.87. The first kappa shape index (κ1) is 21.3. The number of nitrogens with one attached hydrogen (secondary N) is 2. The summed E-state index contributed by atoms with van der Waals surface area (Å²) in [6.07, 6.45) is 0.655. The lowest BCUT2D eigenvalue weighted by Gasteiger charge is -2.23. The molecule has 2 N–H and O–H groups in total. The van der Waals surface area contributed by atoms with Crippen molar-refractivity contribution < 1.29 is 19.1 Å². The third kappa shape index (κ3) is 5.49. The van der Waals surface area contributed by atoms with Crippen LogP contribution in [-0.2, 0) is 22.6 Å². The van der Waals surface area contributed by atoms with E-state index in [1.54, 1.807) is 28.1 Å². The largest absolute Gasteiger partial charge is 0.497 e. The van der Waals surface area contributed by atoms with Crippen LogP contribution in [0.1, 0.15) is 25.0 Å². The third-order valence-electron chi connectivity index (χ3n) is 4.60. The van der Waals surface area contributed by atoms with Crippen molar-refractivity contribution >= 4 is 11.8 Å². The number of methoxy groups -OCH3 is 2. The molecule has 0 saturated heterocycles. The van der Waals surface area contributed by atoms with E-state index in [2.05, 4.69) is 10.6 Å². The average Bonchev–Trinajstić information content (AvgIpc) is 2.72. The Hall–Kier alpha value is -3.02. The van der Waals surface area contributed by atoms with Crippen molar-refractivity contribution in [2.45, 2.75) is 26.8 Å². The number of hydrogen-bond acceptors (Lipinski definition) is 4. The Labute approximate surface area is 166 Å². The van der Waals surface area contributed by atoms with Crippen molar-refractivity contribution in [3.63, 3.8) is 0 Å². The predicted octanol–water partition coefficient (Wildman–Crippen LogP) is 2.71. The zero-order valence-electron chi connectivity index (χ0n) is 16.9. The zero-order chi connectivity index (χ0) is 20.6. The topological polar surface area (TPSA) is 76.7 Å². The maximum Gasteiger partial charge on any atom is 0.235 e. The highest BCUT2D eigenvalue weighted by Gasteiger charge is 2.35. The van der Waals surface area contributed by atoms with E-state index in [4.69, 9.17) is 9.47 Å². The smallest absolute Gasteiger partial charge is 0.235 e. The fourth-order valence-corrected chi connectivity index (χ4v) is 2.72. The van der Waals surface area contributed by atoms with Crippen LogP contribution in [-0.4, -0.2) is 32.6 Å². The summed E-state index contributed by atoms with van der Waals surface area (Å²) >= 11 is 0. The summed E-state index contributed by atoms with van der Waals surface area (Å²) < 4.78 is 10.5. The van der Waals surface area contributed by atoms with E-state index in [9.17, 15) is 9.59 Å². The number of rotatable bonds is 9. The quantitative estimate of drug-likeness (QED) is 0.652. The van der Waals surface area contributed by atoms with Crippen molar-refractivity contribution in [2.75, 3.05) is 20.8 Å². The van der Waals surface area contributed by atoms with Crippen molar-refractivity contribution in [3.05, 3.63) is 59.7 Å². The Kier molecular flexibility index (Phi) is 7.44. The molecule has 2 aromatic rings. The molecule has 0 aliphatic rings. The molecule has 0 aromatic heterocycles. The summed E-state index contributed by atoms with van der Waals surface area (Å²) in [5.74, 6) is 0.827. The van der Waals surface area contributed by atoms with Gasteiger partial charge in [0.25, 0.3) is 0 Å². The first-order valence-corrected chi connectivity index (χ1v) is 9.20. The molecule has 0 heterocycles. The van der Waals surface area contributed by atoms with Gasteiger partial charge in [0.1, 0.15) is 16.9 Å². The summed E-state index contributed by atoms with van der Waals surface area (Å²) in [4.78, 5) is 25.1. The Morgan fingerprint density at radius 2 is 1.64 bits per heavy atom. The highest BCUT2D eigenvalue weighted by Crippen LogP contribution is 2.19. The van der Waals surface area contributed by atoms with Crippen LogP contribution in [0.5, 0.6) is 11.5 Å². The molecule has 0 radical (unpaired) electrons. The maximum absolute atomic E-state index is 12.6. The normalized spacial score (nSPS) is 10.9. The lowest BCUT2D eigenvalue weighted by atomic mass is 9.91. The van der Waals surface area contributed by atoms with Crippen molar-refractivity contribution in [2.24, 2.45) is 5.41 Å². The van der Waals surface area contributed by atoms with Gasteiger partial charge in [0, 0.05) is 18.7 Å². The summed E-state index contributed by atoms with van der Waals surface area (Å²) in [5.41, 5.74) is 0.724. The molecule has 2 aromatic carbocycles. The Morgan fingerprint density at radius 1 is 0.929 bits per heavy atom. The monoisotopic (exact) mass is 384 g/mol. The van der Waals surface area contributed by atoms with E-state index in [0.29, 0.717) is 25.3 Å². The van der Waals surface area contributed by atoms with Gasteiger partial charge in [0.2, 0.25) is 11.8 Å². The van der Waals surface area contributed by atoms with E-state index in [-0.39, 0.29) is 11.8 Å². The van der Waals surface area contributed by atoms with Crippen LogP contribution in [0, 0.1) is 5.41 Å². The van der Waals surface area contributed by atoms with E-state index in [0.717, 1.165) is 16.9 Å². The van der Waals surface area contributed by atoms with Gasteiger partial charge in [-0.2, -0.15) is 0 Å². The number of hydrogen-bond donors (Lipinski definition) is 2. The summed E-state index contributed by atoms with van der Waals surface area (Å²) in [6.45, 7) is 3.97. The molecule has 150 valence electrons. The molecule has 0 atom stereocenters. The van der Waals surface area contributed by atoms with Gasteiger partial charge in [0.15, 0.2) is 0 Å². The van der Waals surface area contributed by atoms with Gasteiger partial charge in [0.05, 0.1) is 14.2 Å². The van der Waals surface area contributed by atoms with Gasteiger partial charge in [-0.05, 0) is 44.0 Å². The van der Waals surface area contributed by atoms with Crippen LogP contribution in [0.3, 0.4) is 0 Å². The van der Waals surface area contributed by atoms with E-state index >= 15 is 0 Å². The van der Waals surface area contributed by atoms with Gasteiger partial charge < -0.3 is 20.1 Å². The molecule has 0 spiro atoms. The molecule has 0 fully saturated rings. The standard InChI is InChI=1S/C22H28N2O4/c1-22(2,21(26)24-15-17-9-5-6-11-19(17)28-4)20(25)23-13-12-16-8-7-10-18(14-16)27-3/h5-11,14H,12-13,15H2,1-4H3,(H,23,25)(H,24,26). The molecule has 0 saturated carbocycles. The first-order valence-electron chi connectivity index (χ1n) is 9.20. The van der Waals surface area contributed by atoms with Gasteiger partial charge in [-0.25, -0.2) is 0 Å². The molecule has 6 nitrogen and oxygen atoms in total. The van der Waals surface area contributed by atoms with Gasteiger partial charge >= 0.3 is 0 Å². The van der Waals surface area contributed by atoms with Crippen molar-refractivity contribution in [1.29, 1.82) is 0 Å². The number of amides is 2. The second-order valence-corrected chi connectivity index (χ2v) is 6.98. The number of carbonyl (C=O) groups is 2. The Bertz CT molecular complexity index is 818. The Morgan fingerprint density at radius 3 is 2.36 bits per heavy atom. The molecular formula is C22H28N2O4. The molecule has 6 heteroatoms. The second-order valence-electron chi connectivity index (χ2n) is 6.98. The van der Waals surface area contributed by atoms with Crippen LogP contribution in [0.4, 0.5) is 0 Å². The summed E-state index contributed by atoms with van der Waals surface area (Å²) in [6, 6.07) is 15.1. The van der Waals surface area contributed by atoms with Crippen LogP contribution in [0.2, 0.25) is 0 Å². The number of ether oxygens (including phenoxy) is 2. The molecule has 0 bridgehead atoms. The van der Waals surface area contributed by atoms with Crippen molar-refractivity contribution in [1.82, 2.24) is 10.6 Å². The van der Waals surface area contributed by atoms with E-state index in [1.165, 1.54) is 0 Å². The molecule has 0 aliphatic carbocycles. The summed E-state index contributed by atoms with van der Waals surface area (Å²) in [7, 11) is 3.20. The molecule has 2 amide bonds. The highest BCUT2D eigenvalue weighted by molar-refractivity contribution is 6.04. The molecule has 2 rings (SSSR count). The molecule has 28 heavy (non-hydrogen) atoms. The first-order chi connectivity index (χ1) is 13.4. The number of benzene rings is 2. The average molecular weight is 384 g/mol. The lowest BCUT2D eigenvalue weighted by molar-refractivity contribution is -0.141. The van der Waals surface area contributed by atoms with Crippen LogP contribution in [0.25, 0.3) is 0 Å². The maximum atomic E-state index is 12.6. The third-order valence-corrected chi connectivity index (χ3v) is 4.60. The number of carbonyl (C=O) groups excluding carboxylic acids is 2. The summed E-state index contributed by atoms with van der Waals surface area (Å²) in [5, 5.41) is 5.67. The van der Waals surface area contributed by atoms with E-state index < -0.39 is 5.41 Å². The minimum absolute atomic E-state index is 0.295. The fourth-order valence-electron chi connectivity index (χ4n) is 2.72. The highest BCUT2D eigenvalue weighted by atomic mass is 16.5.